The summed E-state index contributed by atoms with van der Waals surface area (Å²) in [6.07, 6.45) is -3.18. The summed E-state index contributed by atoms with van der Waals surface area (Å²) in [6.45, 7) is 3.21. The molecule has 2 saturated heterocycles. The smallest absolute Gasteiger partial charge is 0.382 e. The third-order valence-electron chi connectivity index (χ3n) is 7.02. The molecule has 1 unspecified atom stereocenters. The maximum atomic E-state index is 13.0. The second-order valence-corrected chi connectivity index (χ2v) is 9.87. The zero-order valence-corrected chi connectivity index (χ0v) is 20.8. The van der Waals surface area contributed by atoms with Gasteiger partial charge in [-0.05, 0) is 56.0 Å². The molecule has 4 rings (SSSR count). The molecular weight excluding hydrogens is 512 g/mol. The second-order valence-electron chi connectivity index (χ2n) is 9.87. The van der Waals surface area contributed by atoms with Crippen molar-refractivity contribution in [2.24, 2.45) is 0 Å². The van der Waals surface area contributed by atoms with Gasteiger partial charge in [-0.2, -0.15) is 26.3 Å². The molecule has 1 aromatic carbocycles. The molecule has 0 bridgehead atoms. The van der Waals surface area contributed by atoms with Gasteiger partial charge in [-0.1, -0.05) is 0 Å². The number of amides is 1. The Morgan fingerprint density at radius 2 is 1.50 bits per heavy atom. The first-order chi connectivity index (χ1) is 18.0. The summed E-state index contributed by atoms with van der Waals surface area (Å²) in [4.78, 5) is 20.5. The predicted molar refractivity (Wildman–Crippen MR) is 132 cm³/mol. The third kappa shape index (κ3) is 7.75. The number of aromatic nitrogens is 1. The van der Waals surface area contributed by atoms with Crippen molar-refractivity contribution in [3.63, 3.8) is 0 Å². The van der Waals surface area contributed by atoms with E-state index in [4.69, 9.17) is 0 Å². The van der Waals surface area contributed by atoms with Crippen molar-refractivity contribution in [2.75, 3.05) is 43.4 Å². The highest BCUT2D eigenvalue weighted by molar-refractivity contribution is 5.76. The van der Waals surface area contributed by atoms with Crippen molar-refractivity contribution in [1.29, 1.82) is 0 Å². The monoisotopic (exact) mass is 543 g/mol. The molecule has 0 radical (unpaired) electrons. The summed E-state index contributed by atoms with van der Waals surface area (Å²) in [5.74, 6) is 0.0173. The fourth-order valence-electron chi connectivity index (χ4n) is 4.93. The first kappa shape index (κ1) is 28.0. The van der Waals surface area contributed by atoms with E-state index in [1.807, 2.05) is 0 Å². The number of pyridine rings is 1. The van der Waals surface area contributed by atoms with E-state index in [1.165, 1.54) is 18.3 Å². The summed E-state index contributed by atoms with van der Waals surface area (Å²) in [5.41, 5.74) is -0.553. The van der Waals surface area contributed by atoms with Crippen molar-refractivity contribution >= 4 is 17.3 Å². The lowest BCUT2D eigenvalue weighted by atomic mass is 10.0. The molecule has 208 valence electrons. The molecule has 6 nitrogen and oxygen atoms in total. The number of carbonyl (C=O) groups excluding carboxylic acids is 1. The Balaban J connectivity index is 1.18. The van der Waals surface area contributed by atoms with E-state index in [2.05, 4.69) is 20.5 Å². The number of benzene rings is 1. The van der Waals surface area contributed by atoms with E-state index in [-0.39, 0.29) is 23.7 Å². The Bertz CT molecular complexity index is 1070. The summed E-state index contributed by atoms with van der Waals surface area (Å²) >= 11 is 0. The minimum atomic E-state index is -4.47. The van der Waals surface area contributed by atoms with Crippen LogP contribution in [-0.2, 0) is 17.1 Å². The Morgan fingerprint density at radius 1 is 0.842 bits per heavy atom. The molecule has 3 heterocycles. The average molecular weight is 544 g/mol. The molecule has 2 N–H and O–H groups in total. The molecule has 2 fully saturated rings. The van der Waals surface area contributed by atoms with Gasteiger partial charge in [0.25, 0.3) is 0 Å². The van der Waals surface area contributed by atoms with E-state index in [9.17, 15) is 31.1 Å². The lowest BCUT2D eigenvalue weighted by molar-refractivity contribution is -0.138. The Morgan fingerprint density at radius 3 is 2.16 bits per heavy atom. The van der Waals surface area contributed by atoms with Gasteiger partial charge in [0.1, 0.15) is 0 Å². The van der Waals surface area contributed by atoms with Gasteiger partial charge in [0.15, 0.2) is 0 Å². The van der Waals surface area contributed by atoms with Crippen LogP contribution in [0.3, 0.4) is 0 Å². The van der Waals surface area contributed by atoms with Gasteiger partial charge in [0.05, 0.1) is 16.8 Å². The fourth-order valence-corrected chi connectivity index (χ4v) is 4.93. The summed E-state index contributed by atoms with van der Waals surface area (Å²) in [6, 6.07) is 6.06. The van der Waals surface area contributed by atoms with Gasteiger partial charge in [-0.3, -0.25) is 9.78 Å². The highest BCUT2D eigenvalue weighted by Crippen LogP contribution is 2.31. The van der Waals surface area contributed by atoms with Gasteiger partial charge in [0, 0.05) is 69.3 Å². The molecule has 2 aliphatic heterocycles. The quantitative estimate of drug-likeness (QED) is 0.453. The normalized spacial score (nSPS) is 19.8. The van der Waals surface area contributed by atoms with Crippen molar-refractivity contribution in [3.8, 4) is 0 Å². The zero-order valence-electron chi connectivity index (χ0n) is 20.8. The molecule has 38 heavy (non-hydrogen) atoms. The highest BCUT2D eigenvalue weighted by atomic mass is 19.4. The van der Waals surface area contributed by atoms with Crippen LogP contribution < -0.4 is 10.6 Å². The fraction of sp³-hybridized carbons (Fsp3) is 0.538. The van der Waals surface area contributed by atoms with E-state index in [1.54, 1.807) is 4.90 Å². The topological polar surface area (TPSA) is 60.5 Å². The summed E-state index contributed by atoms with van der Waals surface area (Å²) in [5, 5.41) is 6.38. The van der Waals surface area contributed by atoms with E-state index < -0.39 is 23.5 Å². The Hall–Kier alpha value is -3.02. The SMILES string of the molecule is O=C(CCN1CCC(Nc2ccc(C(F)(F)F)cc2)CC1)N1CCCC(Nc2cncc(C(F)(F)F)c2)C1. The number of nitrogens with zero attached hydrogens (tertiary/aromatic N) is 3. The van der Waals surface area contributed by atoms with Crippen LogP contribution in [0.25, 0.3) is 0 Å². The summed E-state index contributed by atoms with van der Waals surface area (Å²) < 4.78 is 77.1. The van der Waals surface area contributed by atoms with Crippen LogP contribution in [0.4, 0.5) is 37.7 Å². The maximum Gasteiger partial charge on any atom is 0.417 e. The largest absolute Gasteiger partial charge is 0.417 e. The molecule has 0 spiro atoms. The lowest BCUT2D eigenvalue weighted by Gasteiger charge is -2.35. The second kappa shape index (κ2) is 11.8. The number of halogens is 6. The van der Waals surface area contributed by atoms with Crippen LogP contribution in [0.1, 0.15) is 43.2 Å². The van der Waals surface area contributed by atoms with Crippen LogP contribution in [0.2, 0.25) is 0 Å². The molecule has 0 saturated carbocycles. The molecule has 2 aromatic rings. The van der Waals surface area contributed by atoms with Crippen LogP contribution in [-0.4, -0.2) is 65.5 Å². The van der Waals surface area contributed by atoms with E-state index in [0.29, 0.717) is 31.7 Å². The molecule has 1 amide bonds. The first-order valence-electron chi connectivity index (χ1n) is 12.7. The molecule has 1 aromatic heterocycles. The number of alkyl halides is 6. The number of nitrogens with one attached hydrogen (secondary N) is 2. The van der Waals surface area contributed by atoms with Crippen LogP contribution in [0, 0.1) is 0 Å². The lowest BCUT2D eigenvalue weighted by Crippen LogP contribution is -2.46. The number of carbonyl (C=O) groups is 1. The van der Waals surface area contributed by atoms with Crippen molar-refractivity contribution in [2.45, 2.75) is 56.5 Å². The first-order valence-corrected chi connectivity index (χ1v) is 12.7. The maximum absolute atomic E-state index is 13.0. The van der Waals surface area contributed by atoms with Crippen LogP contribution >= 0.6 is 0 Å². The number of piperidine rings is 2. The number of likely N-dealkylation sites (tertiary alicyclic amines) is 2. The summed E-state index contributed by atoms with van der Waals surface area (Å²) in [7, 11) is 0. The number of hydrogen-bond donors (Lipinski definition) is 2. The molecule has 2 aliphatic rings. The third-order valence-corrected chi connectivity index (χ3v) is 7.02. The van der Waals surface area contributed by atoms with Crippen LogP contribution in [0.5, 0.6) is 0 Å². The number of anilines is 2. The Labute approximate surface area is 217 Å². The predicted octanol–water partition coefficient (Wildman–Crippen LogP) is 5.49. The van der Waals surface area contributed by atoms with Crippen molar-refractivity contribution < 1.29 is 31.1 Å². The molecule has 1 atom stereocenters. The van der Waals surface area contributed by atoms with Gasteiger partial charge < -0.3 is 20.4 Å². The van der Waals surface area contributed by atoms with Crippen molar-refractivity contribution in [1.82, 2.24) is 14.8 Å². The number of hydrogen-bond acceptors (Lipinski definition) is 5. The van der Waals surface area contributed by atoms with Crippen molar-refractivity contribution in [3.05, 3.63) is 53.9 Å². The van der Waals surface area contributed by atoms with E-state index >= 15 is 0 Å². The standard InChI is InChI=1S/C26H31F6N5O/c27-25(28,29)18-3-5-20(6-4-18)34-21-7-11-36(12-8-21)13-9-24(38)37-10-1-2-22(17-37)35-23-14-19(15-33-16-23)26(30,31)32/h3-6,14-16,21-22,34-35H,1-2,7-13,17H2. The average Bonchev–Trinajstić information content (AvgIpc) is 2.88. The van der Waals surface area contributed by atoms with E-state index in [0.717, 1.165) is 63.2 Å². The molecular formula is C26H31F6N5O. The molecule has 12 heteroatoms. The van der Waals surface area contributed by atoms with Gasteiger partial charge in [0.2, 0.25) is 5.91 Å². The Kier molecular flexibility index (Phi) is 8.69. The zero-order chi connectivity index (χ0) is 27.3. The van der Waals surface area contributed by atoms with Gasteiger partial charge >= 0.3 is 12.4 Å². The minimum Gasteiger partial charge on any atom is -0.382 e. The van der Waals surface area contributed by atoms with Gasteiger partial charge in [-0.25, -0.2) is 0 Å². The van der Waals surface area contributed by atoms with Crippen LogP contribution in [0.15, 0.2) is 42.7 Å². The minimum absolute atomic E-state index is 0.0173. The highest BCUT2D eigenvalue weighted by Gasteiger charge is 2.32. The number of rotatable bonds is 7. The molecule has 0 aliphatic carbocycles. The van der Waals surface area contributed by atoms with Gasteiger partial charge in [-0.15, -0.1) is 0 Å².